The van der Waals surface area contributed by atoms with Gasteiger partial charge in [0.05, 0.1) is 0 Å². The largest absolute Gasteiger partial charge is 0.313 e. The van der Waals surface area contributed by atoms with Crippen LogP contribution >= 0.6 is 0 Å². The van der Waals surface area contributed by atoms with E-state index in [-0.39, 0.29) is 0 Å². The van der Waals surface area contributed by atoms with Crippen LogP contribution in [-0.4, -0.2) is 12.6 Å². The van der Waals surface area contributed by atoms with Gasteiger partial charge >= 0.3 is 0 Å². The van der Waals surface area contributed by atoms with Crippen molar-refractivity contribution in [3.63, 3.8) is 0 Å². The third-order valence-electron chi connectivity index (χ3n) is 4.79. The van der Waals surface area contributed by atoms with Crippen LogP contribution in [0.25, 0.3) is 0 Å². The quantitative estimate of drug-likeness (QED) is 0.725. The third-order valence-corrected chi connectivity index (χ3v) is 4.79. The Morgan fingerprint density at radius 1 is 1.41 bits per heavy atom. The molecule has 0 amide bonds. The highest BCUT2D eigenvalue weighted by Gasteiger charge is 2.34. The molecule has 17 heavy (non-hydrogen) atoms. The van der Waals surface area contributed by atoms with Gasteiger partial charge in [-0.1, -0.05) is 38.8 Å². The van der Waals surface area contributed by atoms with Crippen LogP contribution in [0.3, 0.4) is 0 Å². The van der Waals surface area contributed by atoms with E-state index < -0.39 is 0 Å². The summed E-state index contributed by atoms with van der Waals surface area (Å²) in [6, 6.07) is 0.754. The lowest BCUT2D eigenvalue weighted by Gasteiger charge is -2.32. The maximum absolute atomic E-state index is 3.86. The molecule has 0 spiro atoms. The van der Waals surface area contributed by atoms with Gasteiger partial charge in [-0.2, -0.15) is 0 Å². The van der Waals surface area contributed by atoms with Crippen molar-refractivity contribution in [2.75, 3.05) is 6.54 Å². The first-order chi connectivity index (χ1) is 7.97. The number of hydrogen-bond acceptors (Lipinski definition) is 1. The maximum atomic E-state index is 3.86. The first-order valence-corrected chi connectivity index (χ1v) is 7.38. The Hall–Kier alpha value is -0.300. The smallest absolute Gasteiger partial charge is 0.0118 e. The zero-order valence-corrected chi connectivity index (χ0v) is 12.1. The fourth-order valence-corrected chi connectivity index (χ4v) is 3.86. The molecule has 0 bridgehead atoms. The lowest BCUT2D eigenvalue weighted by Crippen LogP contribution is -2.40. The van der Waals surface area contributed by atoms with Crippen LogP contribution in [-0.2, 0) is 0 Å². The van der Waals surface area contributed by atoms with Crippen LogP contribution in [0.5, 0.6) is 0 Å². The van der Waals surface area contributed by atoms with E-state index in [2.05, 4.69) is 39.1 Å². The molecular weight excluding hydrogens is 206 g/mol. The van der Waals surface area contributed by atoms with Gasteiger partial charge in [0.2, 0.25) is 0 Å². The summed E-state index contributed by atoms with van der Waals surface area (Å²) in [5, 5.41) is 3.86. The van der Waals surface area contributed by atoms with Crippen LogP contribution in [0.2, 0.25) is 0 Å². The van der Waals surface area contributed by atoms with Gasteiger partial charge in [0.25, 0.3) is 0 Å². The van der Waals surface area contributed by atoms with Crippen LogP contribution in [0, 0.1) is 17.3 Å². The van der Waals surface area contributed by atoms with Gasteiger partial charge < -0.3 is 5.32 Å². The van der Waals surface area contributed by atoms with Gasteiger partial charge in [-0.05, 0) is 56.4 Å². The molecule has 1 N–H and O–H groups in total. The topological polar surface area (TPSA) is 12.0 Å². The summed E-state index contributed by atoms with van der Waals surface area (Å²) in [4.78, 5) is 0. The van der Waals surface area contributed by atoms with Gasteiger partial charge in [-0.3, -0.25) is 0 Å². The molecule has 0 aromatic heterocycles. The molecular formula is C16H29N. The van der Waals surface area contributed by atoms with Crippen molar-refractivity contribution < 1.29 is 0 Å². The SMILES string of the molecule is CC1=CC(C)CC(CNC2CCCC2(C)C)C1. The predicted octanol–water partition coefficient (Wildman–Crippen LogP) is 4.15. The minimum Gasteiger partial charge on any atom is -0.313 e. The Morgan fingerprint density at radius 3 is 2.76 bits per heavy atom. The number of hydrogen-bond donors (Lipinski definition) is 1. The van der Waals surface area contributed by atoms with Crippen LogP contribution in [0.15, 0.2) is 11.6 Å². The molecule has 1 nitrogen and oxygen atoms in total. The van der Waals surface area contributed by atoms with Crippen molar-refractivity contribution in [1.29, 1.82) is 0 Å². The fourth-order valence-electron chi connectivity index (χ4n) is 3.86. The Labute approximate surface area is 107 Å². The molecule has 0 radical (unpaired) electrons. The van der Waals surface area contributed by atoms with Crippen LogP contribution in [0.4, 0.5) is 0 Å². The standard InChI is InChI=1S/C16H29N/c1-12-8-13(2)10-14(9-12)11-17-15-6-5-7-16(15,3)4/h8,12,14-15,17H,5-7,9-11H2,1-4H3. The Kier molecular flexibility index (Phi) is 3.97. The van der Waals surface area contributed by atoms with E-state index in [9.17, 15) is 0 Å². The average molecular weight is 235 g/mol. The van der Waals surface area contributed by atoms with Crippen molar-refractivity contribution >= 4 is 0 Å². The summed E-state index contributed by atoms with van der Waals surface area (Å²) in [5.74, 6) is 1.65. The predicted molar refractivity (Wildman–Crippen MR) is 75.1 cm³/mol. The molecule has 2 aliphatic rings. The van der Waals surface area contributed by atoms with Gasteiger partial charge in [0, 0.05) is 6.04 Å². The first kappa shape index (κ1) is 13.1. The van der Waals surface area contributed by atoms with E-state index in [4.69, 9.17) is 0 Å². The van der Waals surface area contributed by atoms with Gasteiger partial charge in [0.1, 0.15) is 0 Å². The molecule has 0 heterocycles. The van der Waals surface area contributed by atoms with Crippen LogP contribution < -0.4 is 5.32 Å². The normalized spacial score (nSPS) is 36.9. The molecule has 0 aliphatic heterocycles. The molecule has 1 saturated carbocycles. The van der Waals surface area contributed by atoms with Crippen molar-refractivity contribution in [2.24, 2.45) is 17.3 Å². The van der Waals surface area contributed by atoms with E-state index in [1.54, 1.807) is 5.57 Å². The Bertz CT molecular complexity index is 290. The lowest BCUT2D eigenvalue weighted by atomic mass is 9.82. The number of allylic oxidation sites excluding steroid dienone is 2. The molecule has 0 aromatic rings. The zero-order chi connectivity index (χ0) is 12.5. The molecule has 2 rings (SSSR count). The van der Waals surface area contributed by atoms with E-state index in [0.717, 1.165) is 17.9 Å². The monoisotopic (exact) mass is 235 g/mol. The van der Waals surface area contributed by atoms with E-state index >= 15 is 0 Å². The van der Waals surface area contributed by atoms with E-state index in [0.29, 0.717) is 5.41 Å². The summed E-state index contributed by atoms with van der Waals surface area (Å²) in [7, 11) is 0. The second kappa shape index (κ2) is 5.14. The molecule has 0 aromatic carbocycles. The number of rotatable bonds is 3. The maximum Gasteiger partial charge on any atom is 0.0118 e. The van der Waals surface area contributed by atoms with E-state index in [1.165, 1.54) is 38.6 Å². The highest BCUT2D eigenvalue weighted by Crippen LogP contribution is 2.37. The molecule has 2 aliphatic carbocycles. The third kappa shape index (κ3) is 3.34. The molecule has 98 valence electrons. The molecule has 1 fully saturated rings. The summed E-state index contributed by atoms with van der Waals surface area (Å²) >= 11 is 0. The molecule has 0 saturated heterocycles. The van der Waals surface area contributed by atoms with Crippen molar-refractivity contribution in [1.82, 2.24) is 5.32 Å². The molecule has 3 unspecified atom stereocenters. The second-order valence-corrected chi connectivity index (χ2v) is 7.14. The van der Waals surface area contributed by atoms with Crippen molar-refractivity contribution in [3.8, 4) is 0 Å². The Morgan fingerprint density at radius 2 is 2.18 bits per heavy atom. The van der Waals surface area contributed by atoms with Crippen molar-refractivity contribution in [3.05, 3.63) is 11.6 Å². The minimum atomic E-state index is 0.519. The average Bonchev–Trinajstić information content (AvgIpc) is 2.53. The summed E-state index contributed by atoms with van der Waals surface area (Å²) < 4.78 is 0. The Balaban J connectivity index is 1.81. The van der Waals surface area contributed by atoms with Crippen molar-refractivity contribution in [2.45, 2.75) is 65.8 Å². The second-order valence-electron chi connectivity index (χ2n) is 7.14. The lowest BCUT2D eigenvalue weighted by molar-refractivity contribution is 0.261. The zero-order valence-electron chi connectivity index (χ0n) is 12.1. The fraction of sp³-hybridized carbons (Fsp3) is 0.875. The van der Waals surface area contributed by atoms with E-state index in [1.807, 2.05) is 0 Å². The summed E-state index contributed by atoms with van der Waals surface area (Å²) in [6.45, 7) is 10.7. The minimum absolute atomic E-state index is 0.519. The van der Waals surface area contributed by atoms with Gasteiger partial charge in [-0.25, -0.2) is 0 Å². The van der Waals surface area contributed by atoms with Gasteiger partial charge in [-0.15, -0.1) is 0 Å². The summed E-state index contributed by atoms with van der Waals surface area (Å²) in [6.07, 6.45) is 9.32. The number of nitrogens with one attached hydrogen (secondary N) is 1. The molecule has 3 atom stereocenters. The first-order valence-electron chi connectivity index (χ1n) is 7.38. The van der Waals surface area contributed by atoms with Gasteiger partial charge in [0.15, 0.2) is 0 Å². The summed E-state index contributed by atoms with van der Waals surface area (Å²) in [5.41, 5.74) is 2.12. The highest BCUT2D eigenvalue weighted by molar-refractivity contribution is 5.06. The highest BCUT2D eigenvalue weighted by atomic mass is 14.9. The van der Waals surface area contributed by atoms with Crippen LogP contribution in [0.1, 0.15) is 59.8 Å². The molecule has 1 heteroatoms.